The SMILES string of the molecule is Cn1cccc1-c1nc2ccccc2n1CCCOc1cc2c(cc1CO)C(=O)N1CCC[C@H]1C=N2. The molecule has 4 heterocycles. The largest absolute Gasteiger partial charge is 0.493 e. The first-order valence-corrected chi connectivity index (χ1v) is 12.5. The smallest absolute Gasteiger partial charge is 0.256 e. The number of imidazole rings is 1. The van der Waals surface area contributed by atoms with Crippen LogP contribution in [0, 0.1) is 0 Å². The standard InChI is InChI=1S/C28H29N5O3/c1-31-11-5-10-25(31)27-30-22-8-2-3-9-24(22)33(27)13-6-14-36-26-16-23-21(15-19(26)18-34)28(35)32-12-4-7-20(32)17-29-23/h2-3,5,8-11,15-17,20,34H,4,6-7,12-14,18H2,1H3/t20-/m0/s1. The molecule has 1 amide bonds. The Hall–Kier alpha value is -3.91. The van der Waals surface area contributed by atoms with Crippen LogP contribution >= 0.6 is 0 Å². The highest BCUT2D eigenvalue weighted by Gasteiger charge is 2.32. The van der Waals surface area contributed by atoms with Gasteiger partial charge in [0.05, 0.1) is 47.2 Å². The fourth-order valence-electron chi connectivity index (χ4n) is 5.27. The zero-order valence-corrected chi connectivity index (χ0v) is 20.3. The summed E-state index contributed by atoms with van der Waals surface area (Å²) in [6.07, 6.45) is 6.57. The minimum absolute atomic E-state index is 0.0218. The lowest BCUT2D eigenvalue weighted by Gasteiger charge is -2.20. The number of para-hydroxylation sites is 2. The monoisotopic (exact) mass is 483 g/mol. The first-order chi connectivity index (χ1) is 17.6. The van der Waals surface area contributed by atoms with Gasteiger partial charge in [-0.25, -0.2) is 4.98 Å². The van der Waals surface area contributed by atoms with Crippen LogP contribution in [0.15, 0.2) is 59.7 Å². The molecule has 8 nitrogen and oxygen atoms in total. The average molecular weight is 484 g/mol. The maximum Gasteiger partial charge on any atom is 0.256 e. The first-order valence-electron chi connectivity index (χ1n) is 12.5. The van der Waals surface area contributed by atoms with Crippen LogP contribution in [0.3, 0.4) is 0 Å². The molecule has 0 spiro atoms. The fourth-order valence-corrected chi connectivity index (χ4v) is 5.27. The lowest BCUT2D eigenvalue weighted by Crippen LogP contribution is -2.35. The fraction of sp³-hybridized carbons (Fsp3) is 0.321. The molecule has 1 saturated heterocycles. The summed E-state index contributed by atoms with van der Waals surface area (Å²) < 4.78 is 10.4. The molecule has 1 atom stereocenters. The van der Waals surface area contributed by atoms with Crippen LogP contribution in [-0.4, -0.2) is 55.4 Å². The third-order valence-corrected chi connectivity index (χ3v) is 7.14. The van der Waals surface area contributed by atoms with Gasteiger partial charge in [-0.15, -0.1) is 0 Å². The lowest BCUT2D eigenvalue weighted by molar-refractivity contribution is 0.0774. The number of aliphatic hydroxyl groups excluding tert-OH is 1. The zero-order chi connectivity index (χ0) is 24.6. The molecule has 36 heavy (non-hydrogen) atoms. The number of carbonyl (C=O) groups excluding carboxylic acids is 1. The highest BCUT2D eigenvalue weighted by atomic mass is 16.5. The molecule has 0 unspecified atom stereocenters. The molecule has 1 N–H and O–H groups in total. The van der Waals surface area contributed by atoms with Crippen LogP contribution in [0.1, 0.15) is 35.2 Å². The number of aliphatic imine (C=N–C) groups is 1. The van der Waals surface area contributed by atoms with Crippen molar-refractivity contribution in [2.24, 2.45) is 12.0 Å². The number of hydrogen-bond donors (Lipinski definition) is 1. The van der Waals surface area contributed by atoms with E-state index in [2.05, 4.69) is 26.3 Å². The van der Waals surface area contributed by atoms with E-state index in [1.54, 1.807) is 12.1 Å². The Bertz CT molecular complexity index is 1470. The molecule has 2 aliphatic heterocycles. The van der Waals surface area contributed by atoms with E-state index in [4.69, 9.17) is 9.72 Å². The quantitative estimate of drug-likeness (QED) is 0.397. The molecular weight excluding hydrogens is 454 g/mol. The van der Waals surface area contributed by atoms with Gasteiger partial charge in [-0.3, -0.25) is 9.79 Å². The van der Waals surface area contributed by atoms with Crippen LogP contribution in [0.25, 0.3) is 22.6 Å². The van der Waals surface area contributed by atoms with Gasteiger partial charge in [0.2, 0.25) is 0 Å². The van der Waals surface area contributed by atoms with E-state index in [9.17, 15) is 9.90 Å². The van der Waals surface area contributed by atoms with Crippen molar-refractivity contribution in [2.45, 2.75) is 38.5 Å². The summed E-state index contributed by atoms with van der Waals surface area (Å²) in [7, 11) is 2.02. The first kappa shape index (κ1) is 22.5. The van der Waals surface area contributed by atoms with Gasteiger partial charge >= 0.3 is 0 Å². The summed E-state index contributed by atoms with van der Waals surface area (Å²) in [5, 5.41) is 10.00. The number of carbonyl (C=O) groups is 1. The second-order valence-electron chi connectivity index (χ2n) is 9.40. The minimum atomic E-state index is -0.202. The van der Waals surface area contributed by atoms with Crippen LogP contribution in [0.5, 0.6) is 5.75 Å². The van der Waals surface area contributed by atoms with Crippen molar-refractivity contribution in [3.8, 4) is 17.3 Å². The molecule has 2 aromatic carbocycles. The Morgan fingerprint density at radius 2 is 2.06 bits per heavy atom. The Labute approximate surface area is 209 Å². The Kier molecular flexibility index (Phi) is 5.81. The number of aliphatic hydroxyl groups is 1. The minimum Gasteiger partial charge on any atom is -0.493 e. The summed E-state index contributed by atoms with van der Waals surface area (Å²) in [4.78, 5) is 24.4. The number of ether oxygens (including phenoxy) is 1. The third kappa shape index (κ3) is 3.87. The second kappa shape index (κ2) is 9.28. The summed E-state index contributed by atoms with van der Waals surface area (Å²) >= 11 is 0. The zero-order valence-electron chi connectivity index (χ0n) is 20.3. The summed E-state index contributed by atoms with van der Waals surface area (Å²) in [5.74, 6) is 1.48. The van der Waals surface area contributed by atoms with Crippen molar-refractivity contribution in [3.63, 3.8) is 0 Å². The van der Waals surface area contributed by atoms with E-state index < -0.39 is 0 Å². The van der Waals surface area contributed by atoms with E-state index >= 15 is 0 Å². The number of aryl methyl sites for hydroxylation is 2. The van der Waals surface area contributed by atoms with Gasteiger partial charge in [-0.2, -0.15) is 0 Å². The molecule has 0 aliphatic carbocycles. The normalized spacial score (nSPS) is 16.9. The highest BCUT2D eigenvalue weighted by Crippen LogP contribution is 2.34. The van der Waals surface area contributed by atoms with Gasteiger partial charge in [0, 0.05) is 44.2 Å². The van der Waals surface area contributed by atoms with Crippen molar-refractivity contribution in [2.75, 3.05) is 13.2 Å². The average Bonchev–Trinajstić information content (AvgIpc) is 3.61. The molecule has 2 aromatic heterocycles. The third-order valence-electron chi connectivity index (χ3n) is 7.14. The maximum absolute atomic E-state index is 13.1. The van der Waals surface area contributed by atoms with Crippen molar-refractivity contribution in [3.05, 3.63) is 65.9 Å². The Balaban J connectivity index is 1.22. The van der Waals surface area contributed by atoms with E-state index in [0.29, 0.717) is 29.2 Å². The number of fused-ring (bicyclic) bond motifs is 3. The van der Waals surface area contributed by atoms with Gasteiger partial charge in [0.1, 0.15) is 5.75 Å². The van der Waals surface area contributed by atoms with Gasteiger partial charge in [0.15, 0.2) is 5.82 Å². The number of aromatic nitrogens is 3. The molecular formula is C28H29N5O3. The highest BCUT2D eigenvalue weighted by molar-refractivity contribution is 6.03. The maximum atomic E-state index is 13.1. The number of nitrogens with zero attached hydrogens (tertiary/aromatic N) is 5. The molecule has 6 rings (SSSR count). The molecule has 0 bridgehead atoms. The summed E-state index contributed by atoms with van der Waals surface area (Å²) in [6.45, 7) is 1.73. The molecule has 1 fully saturated rings. The lowest BCUT2D eigenvalue weighted by atomic mass is 10.1. The number of rotatable bonds is 7. The van der Waals surface area contributed by atoms with E-state index in [-0.39, 0.29) is 18.6 Å². The van der Waals surface area contributed by atoms with Gasteiger partial charge in [-0.05, 0) is 49.6 Å². The van der Waals surface area contributed by atoms with Crippen LogP contribution in [0.4, 0.5) is 5.69 Å². The van der Waals surface area contributed by atoms with Crippen molar-refractivity contribution >= 4 is 28.8 Å². The van der Waals surface area contributed by atoms with Crippen LogP contribution < -0.4 is 4.74 Å². The molecule has 4 aromatic rings. The van der Waals surface area contributed by atoms with Crippen LogP contribution in [-0.2, 0) is 20.2 Å². The molecule has 0 radical (unpaired) electrons. The molecule has 8 heteroatoms. The van der Waals surface area contributed by atoms with Gasteiger partial charge in [-0.1, -0.05) is 12.1 Å². The topological polar surface area (TPSA) is 84.9 Å². The van der Waals surface area contributed by atoms with Gasteiger partial charge in [0.25, 0.3) is 5.91 Å². The molecule has 184 valence electrons. The van der Waals surface area contributed by atoms with Crippen molar-refractivity contribution in [1.82, 2.24) is 19.0 Å². The predicted octanol–water partition coefficient (Wildman–Crippen LogP) is 4.32. The molecule has 0 saturated carbocycles. The van der Waals surface area contributed by atoms with E-state index in [1.165, 1.54) is 0 Å². The van der Waals surface area contributed by atoms with E-state index in [0.717, 1.165) is 54.9 Å². The van der Waals surface area contributed by atoms with Crippen LogP contribution in [0.2, 0.25) is 0 Å². The number of hydrogen-bond acceptors (Lipinski definition) is 5. The summed E-state index contributed by atoms with van der Waals surface area (Å²) in [6, 6.07) is 15.8. The van der Waals surface area contributed by atoms with Gasteiger partial charge < -0.3 is 23.9 Å². The number of benzene rings is 2. The Morgan fingerprint density at radius 1 is 1.17 bits per heavy atom. The number of amides is 1. The summed E-state index contributed by atoms with van der Waals surface area (Å²) in [5.41, 5.74) is 4.85. The molecule has 2 aliphatic rings. The predicted molar refractivity (Wildman–Crippen MR) is 139 cm³/mol. The van der Waals surface area contributed by atoms with Crippen molar-refractivity contribution < 1.29 is 14.6 Å². The second-order valence-corrected chi connectivity index (χ2v) is 9.40. The Morgan fingerprint density at radius 3 is 2.89 bits per heavy atom. The van der Waals surface area contributed by atoms with E-state index in [1.807, 2.05) is 48.6 Å². The van der Waals surface area contributed by atoms with Crippen molar-refractivity contribution in [1.29, 1.82) is 0 Å².